The molecule has 2 heterocycles. The van der Waals surface area contributed by atoms with Gasteiger partial charge in [-0.15, -0.1) is 0 Å². The molecule has 0 bridgehead atoms. The maximum absolute atomic E-state index is 12.4. The van der Waals surface area contributed by atoms with Crippen LogP contribution in [0.5, 0.6) is 0 Å². The fraction of sp³-hybridized carbons (Fsp3) is 0.667. The minimum atomic E-state index is -0.107. The molecule has 0 spiro atoms. The Labute approximate surface area is 125 Å². The van der Waals surface area contributed by atoms with Crippen LogP contribution in [0.4, 0.5) is 5.95 Å². The van der Waals surface area contributed by atoms with Crippen molar-refractivity contribution in [2.45, 2.75) is 46.5 Å². The number of anilines is 1. The van der Waals surface area contributed by atoms with Crippen LogP contribution in [0.25, 0.3) is 11.0 Å². The number of aromatic amines is 1. The molecular weight excluding hydrogens is 266 g/mol. The van der Waals surface area contributed by atoms with Crippen LogP contribution in [-0.4, -0.2) is 32.8 Å². The molecule has 0 unspecified atom stereocenters. The van der Waals surface area contributed by atoms with E-state index in [0.717, 1.165) is 50.0 Å². The summed E-state index contributed by atoms with van der Waals surface area (Å²) in [4.78, 5) is 22.1. The fourth-order valence-corrected chi connectivity index (χ4v) is 2.65. The van der Waals surface area contributed by atoms with Gasteiger partial charge >= 0.3 is 0 Å². The predicted octanol–water partition coefficient (Wildman–Crippen LogP) is 2.24. The van der Waals surface area contributed by atoms with Crippen LogP contribution in [0.1, 0.15) is 45.7 Å². The second kappa shape index (κ2) is 6.74. The van der Waals surface area contributed by atoms with E-state index in [1.165, 1.54) is 0 Å². The number of nitrogens with zero attached hydrogens (tertiary/aromatic N) is 4. The van der Waals surface area contributed by atoms with E-state index in [2.05, 4.69) is 35.8 Å². The van der Waals surface area contributed by atoms with Gasteiger partial charge in [0.1, 0.15) is 5.52 Å². The van der Waals surface area contributed by atoms with Crippen molar-refractivity contribution in [3.05, 3.63) is 16.0 Å². The van der Waals surface area contributed by atoms with Gasteiger partial charge in [0.05, 0.1) is 5.69 Å². The highest BCUT2D eigenvalue weighted by Crippen LogP contribution is 2.17. The van der Waals surface area contributed by atoms with Crippen molar-refractivity contribution >= 4 is 17.0 Å². The molecule has 0 aliphatic carbocycles. The summed E-state index contributed by atoms with van der Waals surface area (Å²) in [5.74, 6) is 0.668. The molecular formula is C15H25N5O. The standard InChI is InChI=1S/C15H25N5O/c1-5-8-11-12-13(19(4)18-11)14(21)17-15(16-12)20(9-6-2)10-7-3/h5-10H2,1-4H3,(H,16,17,21). The molecule has 21 heavy (non-hydrogen) atoms. The van der Waals surface area contributed by atoms with Gasteiger partial charge in [0.25, 0.3) is 5.56 Å². The molecule has 0 atom stereocenters. The van der Waals surface area contributed by atoms with Crippen molar-refractivity contribution in [1.29, 1.82) is 0 Å². The van der Waals surface area contributed by atoms with E-state index in [-0.39, 0.29) is 5.56 Å². The number of fused-ring (bicyclic) bond motifs is 1. The summed E-state index contributed by atoms with van der Waals surface area (Å²) in [6, 6.07) is 0. The van der Waals surface area contributed by atoms with Gasteiger partial charge in [0.15, 0.2) is 5.52 Å². The summed E-state index contributed by atoms with van der Waals surface area (Å²) in [5.41, 5.74) is 2.12. The Balaban J connectivity index is 2.56. The van der Waals surface area contributed by atoms with Gasteiger partial charge in [-0.05, 0) is 19.3 Å². The third-order valence-electron chi connectivity index (χ3n) is 3.52. The topological polar surface area (TPSA) is 66.8 Å². The minimum Gasteiger partial charge on any atom is -0.342 e. The van der Waals surface area contributed by atoms with Crippen LogP contribution >= 0.6 is 0 Å². The first kappa shape index (κ1) is 15.5. The van der Waals surface area contributed by atoms with Gasteiger partial charge in [-0.2, -0.15) is 5.10 Å². The Morgan fingerprint density at radius 3 is 2.38 bits per heavy atom. The third kappa shape index (κ3) is 3.09. The van der Waals surface area contributed by atoms with Crippen LogP contribution in [0.2, 0.25) is 0 Å². The van der Waals surface area contributed by atoms with E-state index in [4.69, 9.17) is 4.98 Å². The molecule has 0 radical (unpaired) electrons. The zero-order chi connectivity index (χ0) is 15.4. The van der Waals surface area contributed by atoms with Crippen LogP contribution in [0.3, 0.4) is 0 Å². The van der Waals surface area contributed by atoms with E-state index in [9.17, 15) is 4.79 Å². The minimum absolute atomic E-state index is 0.107. The summed E-state index contributed by atoms with van der Waals surface area (Å²) in [7, 11) is 1.80. The average molecular weight is 291 g/mol. The molecule has 6 nitrogen and oxygen atoms in total. The van der Waals surface area contributed by atoms with Crippen LogP contribution in [0.15, 0.2) is 4.79 Å². The number of aromatic nitrogens is 4. The van der Waals surface area contributed by atoms with Crippen molar-refractivity contribution in [2.75, 3.05) is 18.0 Å². The summed E-state index contributed by atoms with van der Waals surface area (Å²) in [6.07, 6.45) is 3.88. The lowest BCUT2D eigenvalue weighted by molar-refractivity contribution is 0.721. The third-order valence-corrected chi connectivity index (χ3v) is 3.52. The number of aryl methyl sites for hydroxylation is 2. The Kier molecular flexibility index (Phi) is 4.98. The maximum Gasteiger partial charge on any atom is 0.278 e. The first-order chi connectivity index (χ1) is 10.1. The molecule has 0 aliphatic heterocycles. The van der Waals surface area contributed by atoms with Gasteiger partial charge in [-0.3, -0.25) is 14.5 Å². The Morgan fingerprint density at radius 1 is 1.14 bits per heavy atom. The fourth-order valence-electron chi connectivity index (χ4n) is 2.65. The van der Waals surface area contributed by atoms with Gasteiger partial charge < -0.3 is 4.90 Å². The molecule has 0 fully saturated rings. The molecule has 2 aromatic rings. The maximum atomic E-state index is 12.4. The smallest absolute Gasteiger partial charge is 0.278 e. The van der Waals surface area contributed by atoms with Crippen LogP contribution < -0.4 is 10.5 Å². The summed E-state index contributed by atoms with van der Waals surface area (Å²) < 4.78 is 1.64. The zero-order valence-electron chi connectivity index (χ0n) is 13.4. The number of hydrogen-bond donors (Lipinski definition) is 1. The van der Waals surface area contributed by atoms with Crippen molar-refractivity contribution in [1.82, 2.24) is 19.7 Å². The molecule has 1 N–H and O–H groups in total. The van der Waals surface area contributed by atoms with Crippen molar-refractivity contribution in [2.24, 2.45) is 7.05 Å². The van der Waals surface area contributed by atoms with E-state index in [1.807, 2.05) is 0 Å². The van der Waals surface area contributed by atoms with Gasteiger partial charge in [0, 0.05) is 20.1 Å². The van der Waals surface area contributed by atoms with Crippen molar-refractivity contribution in [3.8, 4) is 0 Å². The van der Waals surface area contributed by atoms with Crippen LogP contribution in [-0.2, 0) is 13.5 Å². The van der Waals surface area contributed by atoms with Crippen LogP contribution in [0, 0.1) is 0 Å². The first-order valence-corrected chi connectivity index (χ1v) is 7.83. The monoisotopic (exact) mass is 291 g/mol. The Morgan fingerprint density at radius 2 is 1.81 bits per heavy atom. The van der Waals surface area contributed by atoms with Crippen molar-refractivity contribution in [3.63, 3.8) is 0 Å². The number of rotatable bonds is 7. The molecule has 0 amide bonds. The lowest BCUT2D eigenvalue weighted by Crippen LogP contribution is -2.29. The molecule has 6 heteroatoms. The second-order valence-electron chi connectivity index (χ2n) is 5.39. The van der Waals surface area contributed by atoms with E-state index in [0.29, 0.717) is 11.5 Å². The van der Waals surface area contributed by atoms with E-state index >= 15 is 0 Å². The molecule has 0 saturated heterocycles. The lowest BCUT2D eigenvalue weighted by atomic mass is 10.2. The predicted molar refractivity (Wildman–Crippen MR) is 85.9 cm³/mol. The van der Waals surface area contributed by atoms with Crippen molar-refractivity contribution < 1.29 is 0 Å². The summed E-state index contributed by atoms with van der Waals surface area (Å²) >= 11 is 0. The molecule has 116 valence electrons. The highest BCUT2D eigenvalue weighted by atomic mass is 16.1. The molecule has 0 saturated carbocycles. The normalized spacial score (nSPS) is 11.2. The zero-order valence-corrected chi connectivity index (χ0v) is 13.4. The highest BCUT2D eigenvalue weighted by Gasteiger charge is 2.16. The van der Waals surface area contributed by atoms with Gasteiger partial charge in [0.2, 0.25) is 5.95 Å². The largest absolute Gasteiger partial charge is 0.342 e. The Bertz CT molecular complexity index is 652. The van der Waals surface area contributed by atoms with Gasteiger partial charge in [-0.25, -0.2) is 4.98 Å². The lowest BCUT2D eigenvalue weighted by Gasteiger charge is -2.21. The Hall–Kier alpha value is -1.85. The summed E-state index contributed by atoms with van der Waals surface area (Å²) in [5, 5.41) is 4.45. The highest BCUT2D eigenvalue weighted by molar-refractivity contribution is 5.77. The first-order valence-electron chi connectivity index (χ1n) is 7.83. The van der Waals surface area contributed by atoms with E-state index in [1.54, 1.807) is 11.7 Å². The SMILES string of the molecule is CCCc1nn(C)c2c(=O)[nH]c(N(CCC)CCC)nc12. The van der Waals surface area contributed by atoms with E-state index < -0.39 is 0 Å². The molecule has 0 aliphatic rings. The van der Waals surface area contributed by atoms with Gasteiger partial charge in [-0.1, -0.05) is 27.2 Å². The second-order valence-corrected chi connectivity index (χ2v) is 5.39. The summed E-state index contributed by atoms with van der Waals surface area (Å²) in [6.45, 7) is 8.16. The molecule has 2 rings (SSSR count). The average Bonchev–Trinajstić information content (AvgIpc) is 2.76. The quantitative estimate of drug-likeness (QED) is 0.849. The molecule has 0 aromatic carbocycles. The molecule has 2 aromatic heterocycles. The number of hydrogen-bond acceptors (Lipinski definition) is 4. The number of nitrogens with one attached hydrogen (secondary N) is 1. The number of H-pyrrole nitrogens is 1.